The second-order valence-corrected chi connectivity index (χ2v) is 4.76. The topological polar surface area (TPSA) is 95.6 Å². The number of nitrogens with two attached hydrogens (primary N) is 1. The molecule has 2 atom stereocenters. The molecule has 0 heterocycles. The molecule has 0 aliphatic heterocycles. The largest absolute Gasteiger partial charge is 0.399 e. The number of anilines is 1. The Morgan fingerprint density at radius 2 is 2.22 bits per heavy atom. The maximum atomic E-state index is 11.9. The van der Waals surface area contributed by atoms with Crippen LogP contribution in [0.2, 0.25) is 0 Å². The number of carbonyl (C=O) groups is 1. The molecule has 1 rings (SSSR count). The van der Waals surface area contributed by atoms with E-state index in [-0.39, 0.29) is 18.4 Å². The van der Waals surface area contributed by atoms with Gasteiger partial charge in [-0.15, -0.1) is 0 Å². The van der Waals surface area contributed by atoms with Gasteiger partial charge in [-0.1, -0.05) is 12.1 Å². The maximum absolute atomic E-state index is 11.9. The lowest BCUT2D eigenvalue weighted by Gasteiger charge is -2.22. The van der Waals surface area contributed by atoms with Crippen LogP contribution in [-0.4, -0.2) is 34.9 Å². The molecule has 5 heteroatoms. The Hall–Kier alpha value is -1.59. The van der Waals surface area contributed by atoms with E-state index in [0.29, 0.717) is 5.69 Å². The first-order chi connectivity index (χ1) is 8.35. The standard InChI is InChI=1S/C13H20N2O3/c1-9(10-4-3-5-11(14)6-10)12(17)15-7-13(2,18)8-16/h3-6,9,16,18H,7-8,14H2,1-2H3,(H,15,17). The number of benzene rings is 1. The fourth-order valence-electron chi connectivity index (χ4n) is 1.47. The van der Waals surface area contributed by atoms with E-state index in [1.165, 1.54) is 6.92 Å². The molecule has 1 amide bonds. The van der Waals surface area contributed by atoms with Crippen LogP contribution in [0.15, 0.2) is 24.3 Å². The third kappa shape index (κ3) is 4.01. The van der Waals surface area contributed by atoms with Gasteiger partial charge in [0.1, 0.15) is 5.60 Å². The lowest BCUT2D eigenvalue weighted by molar-refractivity contribution is -0.123. The minimum atomic E-state index is -1.30. The lowest BCUT2D eigenvalue weighted by atomic mass is 9.99. The van der Waals surface area contributed by atoms with Gasteiger partial charge in [0, 0.05) is 12.2 Å². The molecule has 0 saturated carbocycles. The van der Waals surface area contributed by atoms with E-state index in [9.17, 15) is 9.90 Å². The number of hydrogen-bond donors (Lipinski definition) is 4. The average Bonchev–Trinajstić information content (AvgIpc) is 2.35. The van der Waals surface area contributed by atoms with Crippen molar-refractivity contribution in [3.8, 4) is 0 Å². The molecule has 0 radical (unpaired) electrons. The first kappa shape index (κ1) is 14.5. The second-order valence-electron chi connectivity index (χ2n) is 4.76. The molecule has 0 spiro atoms. The van der Waals surface area contributed by atoms with Gasteiger partial charge in [-0.3, -0.25) is 4.79 Å². The van der Waals surface area contributed by atoms with E-state index >= 15 is 0 Å². The highest BCUT2D eigenvalue weighted by Gasteiger charge is 2.22. The molecule has 1 aromatic carbocycles. The fourth-order valence-corrected chi connectivity index (χ4v) is 1.47. The van der Waals surface area contributed by atoms with Crippen LogP contribution in [0.25, 0.3) is 0 Å². The molecule has 5 nitrogen and oxygen atoms in total. The summed E-state index contributed by atoms with van der Waals surface area (Å²) < 4.78 is 0. The second kappa shape index (κ2) is 5.84. The van der Waals surface area contributed by atoms with Gasteiger partial charge in [0.25, 0.3) is 0 Å². The SMILES string of the molecule is CC(C(=O)NCC(C)(O)CO)c1cccc(N)c1. The number of nitrogens with one attached hydrogen (secondary N) is 1. The predicted molar refractivity (Wildman–Crippen MR) is 70.0 cm³/mol. The fraction of sp³-hybridized carbons (Fsp3) is 0.462. The molecular formula is C13H20N2O3. The Morgan fingerprint density at radius 1 is 1.56 bits per heavy atom. The number of aliphatic hydroxyl groups is 2. The first-order valence-electron chi connectivity index (χ1n) is 5.82. The normalized spacial score (nSPS) is 15.8. The molecular weight excluding hydrogens is 232 g/mol. The molecule has 0 aliphatic rings. The summed E-state index contributed by atoms with van der Waals surface area (Å²) in [7, 11) is 0. The van der Waals surface area contributed by atoms with E-state index in [0.717, 1.165) is 5.56 Å². The molecule has 2 unspecified atom stereocenters. The summed E-state index contributed by atoms with van der Waals surface area (Å²) in [4.78, 5) is 11.9. The molecule has 100 valence electrons. The van der Waals surface area contributed by atoms with Gasteiger partial charge >= 0.3 is 0 Å². The van der Waals surface area contributed by atoms with Crippen molar-refractivity contribution in [2.24, 2.45) is 0 Å². The maximum Gasteiger partial charge on any atom is 0.227 e. The number of aliphatic hydroxyl groups excluding tert-OH is 1. The molecule has 0 fully saturated rings. The summed E-state index contributed by atoms with van der Waals surface area (Å²) in [6, 6.07) is 7.11. The molecule has 5 N–H and O–H groups in total. The first-order valence-corrected chi connectivity index (χ1v) is 5.82. The van der Waals surface area contributed by atoms with Gasteiger partial charge < -0.3 is 21.3 Å². The molecule has 18 heavy (non-hydrogen) atoms. The van der Waals surface area contributed by atoms with Crippen molar-refractivity contribution in [3.63, 3.8) is 0 Å². The van der Waals surface area contributed by atoms with E-state index in [1.54, 1.807) is 25.1 Å². The Bertz CT molecular complexity index is 418. The summed E-state index contributed by atoms with van der Waals surface area (Å²) in [6.07, 6.45) is 0. The van der Waals surface area contributed by atoms with Crippen molar-refractivity contribution in [2.45, 2.75) is 25.4 Å². The van der Waals surface area contributed by atoms with Crippen molar-refractivity contribution >= 4 is 11.6 Å². The minimum Gasteiger partial charge on any atom is -0.399 e. The predicted octanol–water partition coefficient (Wildman–Crippen LogP) is 0.232. The van der Waals surface area contributed by atoms with Gasteiger partial charge in [-0.2, -0.15) is 0 Å². The van der Waals surface area contributed by atoms with E-state index < -0.39 is 12.2 Å². The number of hydrogen-bond acceptors (Lipinski definition) is 4. The van der Waals surface area contributed by atoms with E-state index in [1.807, 2.05) is 6.07 Å². The van der Waals surface area contributed by atoms with Crippen molar-refractivity contribution in [3.05, 3.63) is 29.8 Å². The van der Waals surface area contributed by atoms with Crippen LogP contribution >= 0.6 is 0 Å². The van der Waals surface area contributed by atoms with Crippen LogP contribution in [0.3, 0.4) is 0 Å². The zero-order valence-electron chi connectivity index (χ0n) is 10.7. The summed E-state index contributed by atoms with van der Waals surface area (Å²) in [5.41, 5.74) is 5.78. The van der Waals surface area contributed by atoms with Crippen molar-refractivity contribution < 1.29 is 15.0 Å². The van der Waals surface area contributed by atoms with Crippen LogP contribution in [0.5, 0.6) is 0 Å². The zero-order valence-corrected chi connectivity index (χ0v) is 10.7. The smallest absolute Gasteiger partial charge is 0.227 e. The van der Waals surface area contributed by atoms with Gasteiger partial charge in [-0.05, 0) is 31.5 Å². The van der Waals surface area contributed by atoms with Crippen LogP contribution in [0.4, 0.5) is 5.69 Å². The third-order valence-electron chi connectivity index (χ3n) is 2.79. The Balaban J connectivity index is 2.62. The Labute approximate surface area is 107 Å². The average molecular weight is 252 g/mol. The van der Waals surface area contributed by atoms with Crippen LogP contribution in [0.1, 0.15) is 25.3 Å². The number of carbonyl (C=O) groups excluding carboxylic acids is 1. The van der Waals surface area contributed by atoms with Gasteiger partial charge in [-0.25, -0.2) is 0 Å². The summed E-state index contributed by atoms with van der Waals surface area (Å²) in [6.45, 7) is 2.82. The molecule has 1 aromatic rings. The highest BCUT2D eigenvalue weighted by atomic mass is 16.3. The zero-order chi connectivity index (χ0) is 13.8. The minimum absolute atomic E-state index is 0.00892. The summed E-state index contributed by atoms with van der Waals surface area (Å²) >= 11 is 0. The monoisotopic (exact) mass is 252 g/mol. The van der Waals surface area contributed by atoms with Gasteiger partial charge in [0.15, 0.2) is 0 Å². The van der Waals surface area contributed by atoms with Gasteiger partial charge in [0.2, 0.25) is 5.91 Å². The van der Waals surface area contributed by atoms with Crippen LogP contribution in [0, 0.1) is 0 Å². The molecule has 0 aromatic heterocycles. The highest BCUT2D eigenvalue weighted by Crippen LogP contribution is 2.17. The third-order valence-corrected chi connectivity index (χ3v) is 2.79. The van der Waals surface area contributed by atoms with Crippen molar-refractivity contribution in [1.29, 1.82) is 0 Å². The number of rotatable bonds is 5. The Morgan fingerprint density at radius 3 is 2.78 bits per heavy atom. The molecule has 0 aliphatic carbocycles. The summed E-state index contributed by atoms with van der Waals surface area (Å²) in [5, 5.41) is 21.1. The number of nitrogen functional groups attached to an aromatic ring is 1. The van der Waals surface area contributed by atoms with E-state index in [4.69, 9.17) is 10.8 Å². The van der Waals surface area contributed by atoms with Gasteiger partial charge in [0.05, 0.1) is 12.5 Å². The lowest BCUT2D eigenvalue weighted by Crippen LogP contribution is -2.44. The van der Waals surface area contributed by atoms with E-state index in [2.05, 4.69) is 5.32 Å². The van der Waals surface area contributed by atoms with Crippen molar-refractivity contribution in [2.75, 3.05) is 18.9 Å². The Kier molecular flexibility index (Phi) is 4.69. The summed E-state index contributed by atoms with van der Waals surface area (Å²) in [5.74, 6) is -0.572. The van der Waals surface area contributed by atoms with Crippen molar-refractivity contribution in [1.82, 2.24) is 5.32 Å². The highest BCUT2D eigenvalue weighted by molar-refractivity contribution is 5.83. The molecule has 0 saturated heterocycles. The quantitative estimate of drug-likeness (QED) is 0.564. The number of amides is 1. The van der Waals surface area contributed by atoms with Crippen LogP contribution < -0.4 is 11.1 Å². The molecule has 0 bridgehead atoms. The van der Waals surface area contributed by atoms with Crippen LogP contribution in [-0.2, 0) is 4.79 Å².